The number of carbonyl (C=O) groups is 3. The summed E-state index contributed by atoms with van der Waals surface area (Å²) >= 11 is 0. The smallest absolute Gasteiger partial charge is 0.327 e. The number of nitrogens with zero attached hydrogens (tertiary/aromatic N) is 1. The number of imide groups is 1. The van der Waals surface area contributed by atoms with Crippen molar-refractivity contribution < 1.29 is 19.5 Å². The summed E-state index contributed by atoms with van der Waals surface area (Å²) in [4.78, 5) is 35.4. The largest absolute Gasteiger partial charge is 0.480 e. The van der Waals surface area contributed by atoms with E-state index in [2.05, 4.69) is 30.6 Å². The highest BCUT2D eigenvalue weighted by Crippen LogP contribution is 2.17. The summed E-state index contributed by atoms with van der Waals surface area (Å²) in [7, 11) is 0. The number of hydrogen-bond acceptors (Lipinski definition) is 3. The Balaban J connectivity index is 2.24. The molecule has 1 unspecified atom stereocenters. The Bertz CT molecular complexity index is 587. The molecule has 26 heavy (non-hydrogen) atoms. The highest BCUT2D eigenvalue weighted by atomic mass is 16.4. The van der Waals surface area contributed by atoms with E-state index in [-0.39, 0.29) is 19.3 Å². The molecule has 0 aromatic heterocycles. The van der Waals surface area contributed by atoms with Crippen LogP contribution in [-0.2, 0) is 14.4 Å². The minimum absolute atomic E-state index is 0.0778. The molecule has 0 spiro atoms. The molecule has 5 heteroatoms. The third-order valence-corrected chi connectivity index (χ3v) is 4.38. The molecule has 0 radical (unpaired) electrons. The van der Waals surface area contributed by atoms with Gasteiger partial charge in [-0.3, -0.25) is 14.5 Å². The zero-order valence-corrected chi connectivity index (χ0v) is 15.7. The van der Waals surface area contributed by atoms with Crippen LogP contribution in [-0.4, -0.2) is 33.8 Å². The number of hydrogen-bond donors (Lipinski definition) is 1. The SMILES string of the molecule is CCCCCCCCCCC#CC#CCC(C(=O)O)N1C(=O)CCC1=O. The third kappa shape index (κ3) is 8.21. The molecule has 0 aromatic carbocycles. The van der Waals surface area contributed by atoms with Crippen LogP contribution >= 0.6 is 0 Å². The summed E-state index contributed by atoms with van der Waals surface area (Å²) in [5.41, 5.74) is 0. The Morgan fingerprint density at radius 3 is 2.08 bits per heavy atom. The zero-order chi connectivity index (χ0) is 19.2. The average Bonchev–Trinajstić information content (AvgIpc) is 2.94. The fourth-order valence-electron chi connectivity index (χ4n) is 2.88. The number of amides is 2. The van der Waals surface area contributed by atoms with Gasteiger partial charge in [-0.2, -0.15) is 0 Å². The minimum atomic E-state index is -1.21. The van der Waals surface area contributed by atoms with Gasteiger partial charge in [0.05, 0.1) is 0 Å². The van der Waals surface area contributed by atoms with Crippen molar-refractivity contribution in [2.45, 2.75) is 90.0 Å². The fraction of sp³-hybridized carbons (Fsp3) is 0.667. The number of carbonyl (C=O) groups excluding carboxylic acids is 2. The Morgan fingerprint density at radius 2 is 1.50 bits per heavy atom. The van der Waals surface area contributed by atoms with Gasteiger partial charge in [-0.1, -0.05) is 63.7 Å². The number of carboxylic acids is 1. The van der Waals surface area contributed by atoms with E-state index in [9.17, 15) is 19.5 Å². The number of likely N-dealkylation sites (tertiary alicyclic amines) is 1. The van der Waals surface area contributed by atoms with Crippen LogP contribution in [0.2, 0.25) is 0 Å². The highest BCUT2D eigenvalue weighted by molar-refractivity contribution is 6.04. The van der Waals surface area contributed by atoms with E-state index in [0.717, 1.165) is 17.7 Å². The molecule has 1 fully saturated rings. The minimum Gasteiger partial charge on any atom is -0.480 e. The maximum Gasteiger partial charge on any atom is 0.327 e. The monoisotopic (exact) mass is 359 g/mol. The summed E-state index contributed by atoms with van der Waals surface area (Å²) in [5.74, 6) is 8.88. The quantitative estimate of drug-likeness (QED) is 0.348. The lowest BCUT2D eigenvalue weighted by Crippen LogP contribution is -2.44. The molecule has 142 valence electrons. The number of carboxylic acid groups (broad SMARTS) is 1. The van der Waals surface area contributed by atoms with E-state index >= 15 is 0 Å². The van der Waals surface area contributed by atoms with Gasteiger partial charge in [0, 0.05) is 25.7 Å². The van der Waals surface area contributed by atoms with Gasteiger partial charge in [-0.15, -0.1) is 0 Å². The topological polar surface area (TPSA) is 74.7 Å². The predicted octanol–water partition coefficient (Wildman–Crippen LogP) is 3.52. The van der Waals surface area contributed by atoms with Gasteiger partial charge < -0.3 is 5.11 Å². The average molecular weight is 359 g/mol. The van der Waals surface area contributed by atoms with Gasteiger partial charge in [0.25, 0.3) is 0 Å². The molecule has 1 atom stereocenters. The normalized spacial score (nSPS) is 14.4. The Labute approximate surface area is 156 Å². The Morgan fingerprint density at radius 1 is 0.962 bits per heavy atom. The van der Waals surface area contributed by atoms with Crippen molar-refractivity contribution in [2.24, 2.45) is 0 Å². The van der Waals surface area contributed by atoms with E-state index in [1.54, 1.807) is 0 Å². The first-order valence-corrected chi connectivity index (χ1v) is 9.61. The molecule has 1 saturated heterocycles. The summed E-state index contributed by atoms with van der Waals surface area (Å²) in [6.07, 6.45) is 10.9. The van der Waals surface area contributed by atoms with Crippen LogP contribution < -0.4 is 0 Å². The molecule has 5 nitrogen and oxygen atoms in total. The predicted molar refractivity (Wildman–Crippen MR) is 99.9 cm³/mol. The summed E-state index contributed by atoms with van der Waals surface area (Å²) < 4.78 is 0. The van der Waals surface area contributed by atoms with Gasteiger partial charge in [0.15, 0.2) is 0 Å². The number of rotatable bonds is 11. The molecule has 1 heterocycles. The van der Waals surface area contributed by atoms with Gasteiger partial charge in [-0.05, 0) is 18.3 Å². The van der Waals surface area contributed by atoms with E-state index in [1.165, 1.54) is 44.9 Å². The van der Waals surface area contributed by atoms with Crippen LogP contribution in [0.1, 0.15) is 84.0 Å². The van der Waals surface area contributed by atoms with Gasteiger partial charge in [0.2, 0.25) is 11.8 Å². The lowest BCUT2D eigenvalue weighted by molar-refractivity contribution is -0.153. The van der Waals surface area contributed by atoms with Crippen LogP contribution in [0.3, 0.4) is 0 Å². The standard InChI is InChI=1S/C21H29NO4/c1-2-3-4-5-6-7-8-9-10-11-12-13-14-15-18(21(25)26)22-19(23)16-17-20(22)24/h18H,2-10,15-17H2,1H3,(H,25,26). The van der Waals surface area contributed by atoms with Crippen LogP contribution in [0, 0.1) is 23.7 Å². The lowest BCUT2D eigenvalue weighted by atomic mass is 10.1. The molecule has 1 aliphatic heterocycles. The van der Waals surface area contributed by atoms with Crippen LogP contribution in [0.25, 0.3) is 0 Å². The highest BCUT2D eigenvalue weighted by Gasteiger charge is 2.38. The molecule has 1 aliphatic rings. The van der Waals surface area contributed by atoms with E-state index < -0.39 is 23.8 Å². The van der Waals surface area contributed by atoms with Crippen LogP contribution in [0.5, 0.6) is 0 Å². The third-order valence-electron chi connectivity index (χ3n) is 4.38. The van der Waals surface area contributed by atoms with Crippen LogP contribution in [0.15, 0.2) is 0 Å². The number of aliphatic carboxylic acids is 1. The summed E-state index contributed by atoms with van der Waals surface area (Å²) in [5, 5.41) is 9.21. The van der Waals surface area contributed by atoms with Crippen molar-refractivity contribution in [3.8, 4) is 23.7 Å². The molecular weight excluding hydrogens is 330 g/mol. The molecule has 0 aliphatic carbocycles. The Hall–Kier alpha value is -2.27. The summed E-state index contributed by atoms with van der Waals surface area (Å²) in [6.45, 7) is 2.22. The first-order chi connectivity index (χ1) is 12.6. The molecular formula is C21H29NO4. The molecule has 1 N–H and O–H groups in total. The van der Waals surface area contributed by atoms with Gasteiger partial charge >= 0.3 is 5.97 Å². The van der Waals surface area contributed by atoms with Crippen molar-refractivity contribution >= 4 is 17.8 Å². The number of unbranched alkanes of at least 4 members (excludes halogenated alkanes) is 8. The molecule has 0 aromatic rings. The van der Waals surface area contributed by atoms with Crippen molar-refractivity contribution in [2.75, 3.05) is 0 Å². The molecule has 2 amide bonds. The maximum absolute atomic E-state index is 11.6. The van der Waals surface area contributed by atoms with E-state index in [4.69, 9.17) is 0 Å². The van der Waals surface area contributed by atoms with E-state index in [1.807, 2.05) is 0 Å². The molecule has 1 rings (SSSR count). The van der Waals surface area contributed by atoms with Crippen molar-refractivity contribution in [3.63, 3.8) is 0 Å². The maximum atomic E-state index is 11.6. The summed E-state index contributed by atoms with van der Waals surface area (Å²) in [6, 6.07) is -1.21. The van der Waals surface area contributed by atoms with Crippen molar-refractivity contribution in [1.82, 2.24) is 4.90 Å². The van der Waals surface area contributed by atoms with Crippen molar-refractivity contribution in [3.05, 3.63) is 0 Å². The first-order valence-electron chi connectivity index (χ1n) is 9.61. The zero-order valence-electron chi connectivity index (χ0n) is 15.7. The lowest BCUT2D eigenvalue weighted by Gasteiger charge is -2.20. The fourth-order valence-corrected chi connectivity index (χ4v) is 2.88. The van der Waals surface area contributed by atoms with Gasteiger partial charge in [0.1, 0.15) is 6.04 Å². The molecule has 0 bridgehead atoms. The molecule has 0 saturated carbocycles. The van der Waals surface area contributed by atoms with E-state index in [0.29, 0.717) is 0 Å². The van der Waals surface area contributed by atoms with Crippen LogP contribution in [0.4, 0.5) is 0 Å². The second-order valence-electron chi connectivity index (χ2n) is 6.54. The first kappa shape index (κ1) is 21.8. The van der Waals surface area contributed by atoms with Crippen molar-refractivity contribution in [1.29, 1.82) is 0 Å². The Kier molecular flexibility index (Phi) is 10.9. The second-order valence-corrected chi connectivity index (χ2v) is 6.54. The second kappa shape index (κ2) is 13.0. The van der Waals surface area contributed by atoms with Gasteiger partial charge in [-0.25, -0.2) is 4.79 Å².